The number of carbonyl (C=O) groups excluding carboxylic acids is 2. The van der Waals surface area contributed by atoms with E-state index in [9.17, 15) is 22.6 Å². The summed E-state index contributed by atoms with van der Waals surface area (Å²) in [5, 5.41) is 13.8. The minimum atomic E-state index is -4.79. The average molecular weight is 359 g/mol. The Morgan fingerprint density at radius 1 is 1.33 bits per heavy atom. The highest BCUT2D eigenvalue weighted by molar-refractivity contribution is 7.85. The number of anilines is 1. The predicted octanol–water partition coefficient (Wildman–Crippen LogP) is -1.20. The van der Waals surface area contributed by atoms with E-state index in [4.69, 9.17) is 16.6 Å². The Morgan fingerprint density at radius 3 is 2.54 bits per heavy atom. The molecule has 0 saturated heterocycles. The van der Waals surface area contributed by atoms with E-state index in [-0.39, 0.29) is 24.2 Å². The van der Waals surface area contributed by atoms with Gasteiger partial charge in [0, 0.05) is 12.2 Å². The number of hydrogen-bond acceptors (Lipinski definition) is 7. The van der Waals surface area contributed by atoms with Crippen molar-refractivity contribution in [3.63, 3.8) is 0 Å². The third-order valence-corrected chi connectivity index (χ3v) is 4.02. The zero-order valence-corrected chi connectivity index (χ0v) is 13.5. The number of hydrogen-bond donors (Lipinski definition) is 5. The molecule has 0 aliphatic heterocycles. The molecule has 10 nitrogen and oxygen atoms in total. The fourth-order valence-electron chi connectivity index (χ4n) is 1.90. The maximum atomic E-state index is 11.9. The zero-order chi connectivity index (χ0) is 18.3. The molecule has 11 heteroatoms. The fraction of sp³-hybridized carbons (Fsp3) is 0.385. The molecule has 0 bridgehead atoms. The molecule has 0 radical (unpaired) electrons. The summed E-state index contributed by atoms with van der Waals surface area (Å²) in [7, 11) is -4.79. The van der Waals surface area contributed by atoms with Crippen LogP contribution in [0.1, 0.15) is 18.4 Å². The van der Waals surface area contributed by atoms with Crippen LogP contribution in [0.3, 0.4) is 0 Å². The minimum Gasteiger partial charge on any atom is -0.744 e. The van der Waals surface area contributed by atoms with Crippen molar-refractivity contribution in [1.29, 1.82) is 0 Å². The van der Waals surface area contributed by atoms with Crippen LogP contribution in [0.2, 0.25) is 0 Å². The number of benzene rings is 1. The number of amides is 3. The van der Waals surface area contributed by atoms with E-state index in [1.807, 2.05) is 0 Å². The first-order valence-corrected chi connectivity index (χ1v) is 8.35. The predicted molar refractivity (Wildman–Crippen MR) is 83.8 cm³/mol. The number of rotatable bonds is 8. The first-order valence-electron chi connectivity index (χ1n) is 6.94. The summed E-state index contributed by atoms with van der Waals surface area (Å²) in [5.74, 6) is -0.583. The Labute approximate surface area is 139 Å². The van der Waals surface area contributed by atoms with Crippen LogP contribution in [0, 0.1) is 0 Å². The van der Waals surface area contributed by atoms with E-state index >= 15 is 0 Å². The molecule has 0 spiro atoms. The number of nitrogens with one attached hydrogen (secondary N) is 2. The molecule has 0 saturated carbocycles. The van der Waals surface area contributed by atoms with Crippen molar-refractivity contribution < 1.29 is 27.7 Å². The van der Waals surface area contributed by atoms with Gasteiger partial charge in [-0.05, 0) is 30.5 Å². The largest absolute Gasteiger partial charge is 0.744 e. The standard InChI is InChI=1S/C13H20N4O6S/c14-10(2-1-5-16-13(15)20)12(19)17-9-4-3-8(7-18)11(6-9)24(21,22)23/h3-4,6,10,18H,1-2,5,7,14H2,(H,17,19)(H3,15,16,20)(H,21,22,23)/p-1/t10-/m0/s1. The molecule has 7 N–H and O–H groups in total. The molecule has 0 heterocycles. The number of urea groups is 1. The van der Waals surface area contributed by atoms with Crippen molar-refractivity contribution in [2.24, 2.45) is 11.5 Å². The van der Waals surface area contributed by atoms with Gasteiger partial charge in [-0.15, -0.1) is 0 Å². The summed E-state index contributed by atoms with van der Waals surface area (Å²) in [6, 6.07) is 1.96. The van der Waals surface area contributed by atoms with E-state index in [0.717, 1.165) is 6.07 Å². The molecule has 134 valence electrons. The van der Waals surface area contributed by atoms with Crippen molar-refractivity contribution in [2.45, 2.75) is 30.4 Å². The van der Waals surface area contributed by atoms with Gasteiger partial charge >= 0.3 is 6.03 Å². The molecular formula is C13H19N4O6S-. The highest BCUT2D eigenvalue weighted by Gasteiger charge is 2.15. The third-order valence-electron chi connectivity index (χ3n) is 3.10. The Morgan fingerprint density at radius 2 is 2.00 bits per heavy atom. The maximum Gasteiger partial charge on any atom is 0.312 e. The summed E-state index contributed by atoms with van der Waals surface area (Å²) in [4.78, 5) is 21.8. The molecule has 1 aromatic rings. The summed E-state index contributed by atoms with van der Waals surface area (Å²) in [6.07, 6.45) is 0.675. The van der Waals surface area contributed by atoms with Crippen LogP contribution in [-0.2, 0) is 21.5 Å². The summed E-state index contributed by atoms with van der Waals surface area (Å²) in [5.41, 5.74) is 10.6. The van der Waals surface area contributed by atoms with Gasteiger partial charge < -0.3 is 31.8 Å². The van der Waals surface area contributed by atoms with Crippen molar-refractivity contribution in [2.75, 3.05) is 11.9 Å². The maximum absolute atomic E-state index is 11.9. The van der Waals surface area contributed by atoms with Gasteiger partial charge in [-0.3, -0.25) is 4.79 Å². The van der Waals surface area contributed by atoms with Crippen molar-refractivity contribution in [1.82, 2.24) is 5.32 Å². The third kappa shape index (κ3) is 6.12. The molecule has 0 aliphatic carbocycles. The van der Waals surface area contributed by atoms with Crippen molar-refractivity contribution >= 4 is 27.7 Å². The monoisotopic (exact) mass is 359 g/mol. The van der Waals surface area contributed by atoms with Crippen LogP contribution >= 0.6 is 0 Å². The van der Waals surface area contributed by atoms with Gasteiger partial charge in [-0.25, -0.2) is 13.2 Å². The molecule has 1 aromatic carbocycles. The van der Waals surface area contributed by atoms with Crippen LogP contribution in [0.4, 0.5) is 10.5 Å². The second-order valence-electron chi connectivity index (χ2n) is 4.96. The van der Waals surface area contributed by atoms with Crippen LogP contribution in [-0.4, -0.2) is 42.6 Å². The average Bonchev–Trinajstić information content (AvgIpc) is 2.50. The Kier molecular flexibility index (Phi) is 7.10. The summed E-state index contributed by atoms with van der Waals surface area (Å²) < 4.78 is 33.5. The normalized spacial score (nSPS) is 12.5. The lowest BCUT2D eigenvalue weighted by molar-refractivity contribution is -0.117. The van der Waals surface area contributed by atoms with E-state index in [1.165, 1.54) is 12.1 Å². The zero-order valence-electron chi connectivity index (χ0n) is 12.7. The first kappa shape index (κ1) is 19.8. The number of nitrogens with two attached hydrogens (primary N) is 2. The summed E-state index contributed by atoms with van der Waals surface area (Å²) >= 11 is 0. The fourth-order valence-corrected chi connectivity index (χ4v) is 2.62. The van der Waals surface area contributed by atoms with E-state index in [0.29, 0.717) is 6.42 Å². The topological polar surface area (TPSA) is 188 Å². The molecule has 3 amide bonds. The molecule has 24 heavy (non-hydrogen) atoms. The molecule has 0 unspecified atom stereocenters. The van der Waals surface area contributed by atoms with E-state index < -0.39 is 39.6 Å². The van der Waals surface area contributed by atoms with E-state index in [2.05, 4.69) is 10.6 Å². The van der Waals surface area contributed by atoms with Crippen LogP contribution in [0.15, 0.2) is 23.1 Å². The van der Waals surface area contributed by atoms with Gasteiger partial charge in [-0.2, -0.15) is 0 Å². The number of primary amides is 1. The molecule has 0 aromatic heterocycles. The molecule has 0 aliphatic rings. The number of carbonyl (C=O) groups is 2. The van der Waals surface area contributed by atoms with Crippen molar-refractivity contribution in [3.05, 3.63) is 23.8 Å². The Balaban J connectivity index is 2.71. The van der Waals surface area contributed by atoms with Gasteiger partial charge in [0.1, 0.15) is 10.1 Å². The van der Waals surface area contributed by atoms with Crippen molar-refractivity contribution in [3.8, 4) is 0 Å². The second-order valence-corrected chi connectivity index (χ2v) is 6.31. The Hall–Kier alpha value is -2.21. The van der Waals surface area contributed by atoms with Crippen LogP contribution in [0.5, 0.6) is 0 Å². The molecule has 0 fully saturated rings. The quantitative estimate of drug-likeness (QED) is 0.284. The van der Waals surface area contributed by atoms with Gasteiger partial charge in [-0.1, -0.05) is 6.07 Å². The van der Waals surface area contributed by atoms with Gasteiger partial charge in [0.25, 0.3) is 0 Å². The van der Waals surface area contributed by atoms with Gasteiger partial charge in [0.2, 0.25) is 5.91 Å². The highest BCUT2D eigenvalue weighted by atomic mass is 32.2. The van der Waals surface area contributed by atoms with E-state index in [1.54, 1.807) is 0 Å². The lowest BCUT2D eigenvalue weighted by atomic mass is 10.1. The van der Waals surface area contributed by atoms with Gasteiger partial charge in [0.05, 0.1) is 17.5 Å². The number of aliphatic hydroxyl groups excluding tert-OH is 1. The SMILES string of the molecule is NC(=O)NCCC[C@H](N)C(=O)Nc1ccc(CO)c(S(=O)(=O)[O-])c1. The van der Waals surface area contributed by atoms with Crippen LogP contribution < -0.4 is 22.1 Å². The highest BCUT2D eigenvalue weighted by Crippen LogP contribution is 2.21. The molecule has 1 atom stereocenters. The molecular weight excluding hydrogens is 340 g/mol. The smallest absolute Gasteiger partial charge is 0.312 e. The molecule has 1 rings (SSSR count). The number of aliphatic hydroxyl groups is 1. The Bertz CT molecular complexity index is 706. The minimum absolute atomic E-state index is 0.0650. The lowest BCUT2D eigenvalue weighted by Gasteiger charge is -2.16. The first-order chi connectivity index (χ1) is 11.1. The lowest BCUT2D eigenvalue weighted by Crippen LogP contribution is -2.37. The second kappa shape index (κ2) is 8.59. The summed E-state index contributed by atoms with van der Waals surface area (Å²) in [6.45, 7) is -0.364. The van der Waals surface area contributed by atoms with Crippen LogP contribution in [0.25, 0.3) is 0 Å². The van der Waals surface area contributed by atoms with Gasteiger partial charge in [0.15, 0.2) is 0 Å².